The molecule has 3 rings (SSSR count). The van der Waals surface area contributed by atoms with E-state index in [1.807, 2.05) is 6.92 Å². The third kappa shape index (κ3) is 2.45. The number of ether oxygens (including phenoxy) is 1. The van der Waals surface area contributed by atoms with Crippen molar-refractivity contribution in [1.29, 1.82) is 0 Å². The van der Waals surface area contributed by atoms with Crippen LogP contribution in [0.4, 0.5) is 4.39 Å². The highest BCUT2D eigenvalue weighted by molar-refractivity contribution is 5.79. The second-order valence-electron chi connectivity index (χ2n) is 4.92. The molecule has 1 saturated carbocycles. The summed E-state index contributed by atoms with van der Waals surface area (Å²) in [6.07, 6.45) is 2.95. The van der Waals surface area contributed by atoms with Gasteiger partial charge in [0.25, 0.3) is 5.56 Å². The van der Waals surface area contributed by atoms with Gasteiger partial charge in [-0.25, -0.2) is 9.37 Å². The van der Waals surface area contributed by atoms with Crippen molar-refractivity contribution in [2.75, 3.05) is 6.61 Å². The minimum absolute atomic E-state index is 0.00373. The van der Waals surface area contributed by atoms with E-state index in [9.17, 15) is 9.18 Å². The Morgan fingerprint density at radius 3 is 2.95 bits per heavy atom. The van der Waals surface area contributed by atoms with Gasteiger partial charge < -0.3 is 9.72 Å². The van der Waals surface area contributed by atoms with Crippen LogP contribution in [0.1, 0.15) is 25.6 Å². The molecule has 0 radical (unpaired) electrons. The van der Waals surface area contributed by atoms with Crippen molar-refractivity contribution in [3.05, 3.63) is 34.1 Å². The van der Waals surface area contributed by atoms with Gasteiger partial charge >= 0.3 is 0 Å². The molecule has 5 heteroatoms. The summed E-state index contributed by atoms with van der Waals surface area (Å²) in [5.74, 6) is 1.00. The zero-order chi connectivity index (χ0) is 13.4. The highest BCUT2D eigenvalue weighted by Gasteiger charge is 2.22. The number of benzene rings is 1. The van der Waals surface area contributed by atoms with Crippen LogP contribution >= 0.6 is 0 Å². The Morgan fingerprint density at radius 1 is 1.47 bits per heavy atom. The lowest BCUT2D eigenvalue weighted by Crippen LogP contribution is -2.13. The van der Waals surface area contributed by atoms with Crippen LogP contribution in [-0.4, -0.2) is 16.6 Å². The number of halogens is 1. The van der Waals surface area contributed by atoms with Crippen molar-refractivity contribution in [3.8, 4) is 5.75 Å². The van der Waals surface area contributed by atoms with Gasteiger partial charge in [0, 0.05) is 18.6 Å². The van der Waals surface area contributed by atoms with Crippen molar-refractivity contribution in [3.63, 3.8) is 0 Å². The Bertz CT molecular complexity index is 677. The number of aromatic amines is 1. The monoisotopic (exact) mass is 262 g/mol. The van der Waals surface area contributed by atoms with E-state index in [2.05, 4.69) is 9.97 Å². The van der Waals surface area contributed by atoms with Crippen LogP contribution in [-0.2, 0) is 6.42 Å². The van der Waals surface area contributed by atoms with Crippen molar-refractivity contribution in [2.24, 2.45) is 5.92 Å². The standard InChI is InChI=1S/C14H15FN2O2/c1-2-12-16-11-6-9(19-7-8-3-4-8)5-10(15)13(11)14(18)17-12/h5-6,8H,2-4,7H2,1H3,(H,16,17,18). The number of nitrogens with zero attached hydrogens (tertiary/aromatic N) is 1. The number of rotatable bonds is 4. The van der Waals surface area contributed by atoms with Crippen molar-refractivity contribution >= 4 is 10.9 Å². The number of hydrogen-bond acceptors (Lipinski definition) is 3. The highest BCUT2D eigenvalue weighted by atomic mass is 19.1. The van der Waals surface area contributed by atoms with E-state index >= 15 is 0 Å². The summed E-state index contributed by atoms with van der Waals surface area (Å²) >= 11 is 0. The van der Waals surface area contributed by atoms with Crippen LogP contribution in [0.2, 0.25) is 0 Å². The molecule has 0 atom stereocenters. The molecule has 19 heavy (non-hydrogen) atoms. The largest absolute Gasteiger partial charge is 0.493 e. The second-order valence-corrected chi connectivity index (χ2v) is 4.92. The molecule has 1 fully saturated rings. The van der Waals surface area contributed by atoms with Gasteiger partial charge in [0.05, 0.1) is 12.1 Å². The minimum Gasteiger partial charge on any atom is -0.493 e. The first-order chi connectivity index (χ1) is 9.17. The summed E-state index contributed by atoms with van der Waals surface area (Å²) in [5, 5.41) is -0.00373. The molecule has 1 aromatic carbocycles. The summed E-state index contributed by atoms with van der Waals surface area (Å²) in [4.78, 5) is 18.6. The number of hydrogen-bond donors (Lipinski definition) is 1. The van der Waals surface area contributed by atoms with Crippen LogP contribution in [0.3, 0.4) is 0 Å². The predicted molar refractivity (Wildman–Crippen MR) is 69.9 cm³/mol. The van der Waals surface area contributed by atoms with Gasteiger partial charge in [-0.15, -0.1) is 0 Å². The molecule has 4 nitrogen and oxygen atoms in total. The zero-order valence-corrected chi connectivity index (χ0v) is 10.7. The Hall–Kier alpha value is -1.91. The van der Waals surface area contributed by atoms with E-state index in [4.69, 9.17) is 4.74 Å². The third-order valence-electron chi connectivity index (χ3n) is 3.30. The fourth-order valence-corrected chi connectivity index (χ4v) is 2.00. The lowest BCUT2D eigenvalue weighted by atomic mass is 10.2. The van der Waals surface area contributed by atoms with Gasteiger partial charge in [-0.3, -0.25) is 4.79 Å². The fourth-order valence-electron chi connectivity index (χ4n) is 2.00. The van der Waals surface area contributed by atoms with E-state index in [0.29, 0.717) is 36.0 Å². The maximum absolute atomic E-state index is 13.9. The first kappa shape index (κ1) is 12.1. The van der Waals surface area contributed by atoms with Crippen LogP contribution in [0.25, 0.3) is 10.9 Å². The quantitative estimate of drug-likeness (QED) is 0.920. The Morgan fingerprint density at radius 2 is 2.26 bits per heavy atom. The van der Waals surface area contributed by atoms with Gasteiger partial charge in [0.1, 0.15) is 22.8 Å². The average Bonchev–Trinajstić information content (AvgIpc) is 3.19. The van der Waals surface area contributed by atoms with Crippen molar-refractivity contribution < 1.29 is 9.13 Å². The Balaban J connectivity index is 2.04. The number of aromatic nitrogens is 2. The maximum atomic E-state index is 13.9. The van der Waals surface area contributed by atoms with E-state index in [0.717, 1.165) is 0 Å². The van der Waals surface area contributed by atoms with Crippen molar-refractivity contribution in [1.82, 2.24) is 9.97 Å². The molecule has 1 heterocycles. The fraction of sp³-hybridized carbons (Fsp3) is 0.429. The van der Waals surface area contributed by atoms with Gasteiger partial charge in [0.2, 0.25) is 0 Å². The molecular formula is C14H15FN2O2. The molecule has 0 unspecified atom stereocenters. The summed E-state index contributed by atoms with van der Waals surface area (Å²) in [7, 11) is 0. The SMILES string of the molecule is CCc1nc2cc(OCC3CC3)cc(F)c2c(=O)[nH]1. The lowest BCUT2D eigenvalue weighted by molar-refractivity contribution is 0.299. The summed E-state index contributed by atoms with van der Waals surface area (Å²) in [6.45, 7) is 2.49. The molecular weight excluding hydrogens is 247 g/mol. The lowest BCUT2D eigenvalue weighted by Gasteiger charge is -2.07. The van der Waals surface area contributed by atoms with E-state index in [1.165, 1.54) is 18.9 Å². The predicted octanol–water partition coefficient (Wildman–Crippen LogP) is 2.41. The molecule has 0 amide bonds. The van der Waals surface area contributed by atoms with Crippen molar-refractivity contribution in [2.45, 2.75) is 26.2 Å². The third-order valence-corrected chi connectivity index (χ3v) is 3.30. The molecule has 1 aliphatic carbocycles. The molecule has 1 aliphatic rings. The average molecular weight is 262 g/mol. The van der Waals surface area contributed by atoms with Crippen LogP contribution < -0.4 is 10.3 Å². The molecule has 0 bridgehead atoms. The van der Waals surface area contributed by atoms with E-state index in [1.54, 1.807) is 6.07 Å². The second kappa shape index (κ2) is 4.64. The summed E-state index contributed by atoms with van der Waals surface area (Å²) < 4.78 is 19.5. The molecule has 1 aromatic heterocycles. The zero-order valence-electron chi connectivity index (χ0n) is 10.7. The number of nitrogens with one attached hydrogen (secondary N) is 1. The van der Waals surface area contributed by atoms with Gasteiger partial charge in [0.15, 0.2) is 0 Å². The minimum atomic E-state index is -0.584. The molecule has 0 spiro atoms. The molecule has 0 aliphatic heterocycles. The molecule has 100 valence electrons. The first-order valence-corrected chi connectivity index (χ1v) is 6.52. The van der Waals surface area contributed by atoms with Crippen LogP contribution in [0.15, 0.2) is 16.9 Å². The maximum Gasteiger partial charge on any atom is 0.261 e. The van der Waals surface area contributed by atoms with Crippen LogP contribution in [0, 0.1) is 11.7 Å². The molecule has 2 aromatic rings. The summed E-state index contributed by atoms with van der Waals surface area (Å²) in [5.41, 5.74) is -0.0838. The summed E-state index contributed by atoms with van der Waals surface area (Å²) in [6, 6.07) is 2.89. The highest BCUT2D eigenvalue weighted by Crippen LogP contribution is 2.30. The molecule has 0 saturated heterocycles. The first-order valence-electron chi connectivity index (χ1n) is 6.52. The van der Waals surface area contributed by atoms with Gasteiger partial charge in [-0.1, -0.05) is 6.92 Å². The molecule has 1 N–H and O–H groups in total. The van der Waals surface area contributed by atoms with Gasteiger partial charge in [-0.2, -0.15) is 0 Å². The smallest absolute Gasteiger partial charge is 0.261 e. The Labute approximate surface area is 109 Å². The van der Waals surface area contributed by atoms with Crippen LogP contribution in [0.5, 0.6) is 5.75 Å². The topological polar surface area (TPSA) is 55.0 Å². The normalized spacial score (nSPS) is 14.8. The number of fused-ring (bicyclic) bond motifs is 1. The Kier molecular flexibility index (Phi) is 2.97. The van der Waals surface area contributed by atoms with E-state index in [-0.39, 0.29) is 5.39 Å². The van der Waals surface area contributed by atoms with E-state index < -0.39 is 11.4 Å². The number of H-pyrrole nitrogens is 1. The number of aryl methyl sites for hydroxylation is 1. The van der Waals surface area contributed by atoms with Gasteiger partial charge in [-0.05, 0) is 18.8 Å².